The first-order valence-corrected chi connectivity index (χ1v) is 8.97. The molecule has 0 radical (unpaired) electrons. The SMILES string of the molecule is Cc1cccc(CS(=O)(=O)NCC#CCOc2ccccc2F)c1. The van der Waals surface area contributed by atoms with Crippen LogP contribution in [-0.4, -0.2) is 21.6 Å². The Morgan fingerprint density at radius 3 is 2.67 bits per heavy atom. The monoisotopic (exact) mass is 347 g/mol. The van der Waals surface area contributed by atoms with Crippen molar-refractivity contribution >= 4 is 10.0 Å². The molecule has 0 saturated carbocycles. The molecule has 1 N–H and O–H groups in total. The summed E-state index contributed by atoms with van der Waals surface area (Å²) < 4.78 is 44.8. The molecule has 0 unspecified atom stereocenters. The fourth-order valence-corrected chi connectivity index (χ4v) is 3.02. The minimum absolute atomic E-state index is 0.0134. The molecule has 6 heteroatoms. The maximum Gasteiger partial charge on any atom is 0.216 e. The van der Waals surface area contributed by atoms with Gasteiger partial charge in [-0.2, -0.15) is 0 Å². The average Bonchev–Trinajstić information content (AvgIpc) is 2.52. The second-order valence-electron chi connectivity index (χ2n) is 5.14. The van der Waals surface area contributed by atoms with Gasteiger partial charge < -0.3 is 4.74 Å². The van der Waals surface area contributed by atoms with Crippen molar-refractivity contribution in [2.75, 3.05) is 13.2 Å². The summed E-state index contributed by atoms with van der Waals surface area (Å²) in [7, 11) is -3.45. The third-order valence-electron chi connectivity index (χ3n) is 3.08. The predicted octanol–water partition coefficient (Wildman–Crippen LogP) is 2.64. The maximum atomic E-state index is 13.3. The van der Waals surface area contributed by atoms with Crippen molar-refractivity contribution < 1.29 is 17.5 Å². The summed E-state index contributed by atoms with van der Waals surface area (Å²) in [4.78, 5) is 0. The molecule has 0 atom stereocenters. The summed E-state index contributed by atoms with van der Waals surface area (Å²) in [5.41, 5.74) is 1.73. The number of benzene rings is 2. The highest BCUT2D eigenvalue weighted by atomic mass is 32.2. The minimum Gasteiger partial charge on any atom is -0.478 e. The molecule has 0 heterocycles. The van der Waals surface area contributed by atoms with Crippen molar-refractivity contribution in [1.82, 2.24) is 4.72 Å². The van der Waals surface area contributed by atoms with E-state index in [2.05, 4.69) is 16.6 Å². The van der Waals surface area contributed by atoms with Crippen LogP contribution in [0.2, 0.25) is 0 Å². The number of para-hydroxylation sites is 1. The van der Waals surface area contributed by atoms with Gasteiger partial charge in [0, 0.05) is 0 Å². The van der Waals surface area contributed by atoms with Crippen LogP contribution < -0.4 is 9.46 Å². The molecular weight excluding hydrogens is 329 g/mol. The highest BCUT2D eigenvalue weighted by Gasteiger charge is 2.10. The molecule has 2 rings (SSSR count). The van der Waals surface area contributed by atoms with Crippen molar-refractivity contribution in [2.45, 2.75) is 12.7 Å². The van der Waals surface area contributed by atoms with Gasteiger partial charge in [-0.15, -0.1) is 0 Å². The van der Waals surface area contributed by atoms with Gasteiger partial charge in [0.25, 0.3) is 0 Å². The summed E-state index contributed by atoms with van der Waals surface area (Å²) in [5, 5.41) is 0. The molecule has 0 aliphatic heterocycles. The number of halogens is 1. The normalized spacial score (nSPS) is 10.8. The van der Waals surface area contributed by atoms with Crippen LogP contribution in [0.4, 0.5) is 4.39 Å². The van der Waals surface area contributed by atoms with E-state index in [1.54, 1.807) is 18.2 Å². The molecule has 0 amide bonds. The molecule has 0 saturated heterocycles. The largest absolute Gasteiger partial charge is 0.478 e. The van der Waals surface area contributed by atoms with E-state index in [-0.39, 0.29) is 24.7 Å². The Morgan fingerprint density at radius 2 is 1.92 bits per heavy atom. The van der Waals surface area contributed by atoms with Crippen LogP contribution in [0.25, 0.3) is 0 Å². The molecule has 2 aromatic rings. The van der Waals surface area contributed by atoms with E-state index >= 15 is 0 Å². The number of aryl methyl sites for hydroxylation is 1. The van der Waals surface area contributed by atoms with E-state index in [0.717, 1.165) is 11.1 Å². The lowest BCUT2D eigenvalue weighted by atomic mass is 10.2. The number of ether oxygens (including phenoxy) is 1. The molecule has 4 nitrogen and oxygen atoms in total. The van der Waals surface area contributed by atoms with E-state index in [1.165, 1.54) is 12.1 Å². The van der Waals surface area contributed by atoms with Crippen molar-refractivity contribution in [2.24, 2.45) is 0 Å². The topological polar surface area (TPSA) is 55.4 Å². The second kappa shape index (κ2) is 8.48. The number of nitrogens with one attached hydrogen (secondary N) is 1. The highest BCUT2D eigenvalue weighted by Crippen LogP contribution is 2.14. The fourth-order valence-electron chi connectivity index (χ4n) is 2.01. The number of rotatable bonds is 6. The van der Waals surface area contributed by atoms with Gasteiger partial charge in [0.15, 0.2) is 11.6 Å². The lowest BCUT2D eigenvalue weighted by Gasteiger charge is -2.05. The van der Waals surface area contributed by atoms with Gasteiger partial charge in [-0.05, 0) is 24.6 Å². The van der Waals surface area contributed by atoms with E-state index in [1.807, 2.05) is 25.1 Å². The Balaban J connectivity index is 1.78. The Morgan fingerprint density at radius 1 is 1.12 bits per heavy atom. The van der Waals surface area contributed by atoms with Crippen molar-refractivity contribution in [1.29, 1.82) is 0 Å². The maximum absolute atomic E-state index is 13.3. The van der Waals surface area contributed by atoms with Crippen LogP contribution in [-0.2, 0) is 15.8 Å². The smallest absolute Gasteiger partial charge is 0.216 e. The summed E-state index contributed by atoms with van der Waals surface area (Å²) in [6.45, 7) is 1.87. The van der Waals surface area contributed by atoms with Gasteiger partial charge in [0.1, 0.15) is 6.61 Å². The van der Waals surface area contributed by atoms with Gasteiger partial charge in [-0.25, -0.2) is 17.5 Å². The first-order chi connectivity index (χ1) is 11.5. The molecule has 0 bridgehead atoms. The molecule has 24 heavy (non-hydrogen) atoms. The summed E-state index contributed by atoms with van der Waals surface area (Å²) in [6, 6.07) is 13.3. The first kappa shape index (κ1) is 18.0. The predicted molar refractivity (Wildman–Crippen MR) is 91.5 cm³/mol. The highest BCUT2D eigenvalue weighted by molar-refractivity contribution is 7.88. The van der Waals surface area contributed by atoms with Crippen LogP contribution in [0, 0.1) is 24.6 Å². The summed E-state index contributed by atoms with van der Waals surface area (Å²) in [5.74, 6) is 4.84. The third-order valence-corrected chi connectivity index (χ3v) is 4.38. The summed E-state index contributed by atoms with van der Waals surface area (Å²) in [6.07, 6.45) is 0. The van der Waals surface area contributed by atoms with E-state index in [0.29, 0.717) is 0 Å². The fraction of sp³-hybridized carbons (Fsp3) is 0.222. The van der Waals surface area contributed by atoms with Crippen LogP contribution in [0.1, 0.15) is 11.1 Å². The van der Waals surface area contributed by atoms with Gasteiger partial charge in [0.2, 0.25) is 10.0 Å². The second-order valence-corrected chi connectivity index (χ2v) is 6.95. The van der Waals surface area contributed by atoms with E-state index in [9.17, 15) is 12.8 Å². The number of hydrogen-bond donors (Lipinski definition) is 1. The Kier molecular flexibility index (Phi) is 6.36. The Hall–Kier alpha value is -2.36. The molecule has 0 aliphatic rings. The van der Waals surface area contributed by atoms with Crippen molar-refractivity contribution in [3.05, 3.63) is 65.5 Å². The molecule has 0 fully saturated rings. The van der Waals surface area contributed by atoms with Crippen molar-refractivity contribution in [3.63, 3.8) is 0 Å². The standard InChI is InChI=1S/C18H18FNO3S/c1-15-7-6-8-16(13-15)14-24(21,22)20-11-4-5-12-23-18-10-3-2-9-17(18)19/h2-3,6-10,13,20H,11-12,14H2,1H3. The Bertz CT molecular complexity index is 854. The van der Waals surface area contributed by atoms with Gasteiger partial charge in [0.05, 0.1) is 12.3 Å². The van der Waals surface area contributed by atoms with Crippen LogP contribution in [0.5, 0.6) is 5.75 Å². The lowest BCUT2D eigenvalue weighted by molar-refractivity contribution is 0.348. The lowest BCUT2D eigenvalue weighted by Crippen LogP contribution is -2.25. The van der Waals surface area contributed by atoms with Gasteiger partial charge in [-0.1, -0.05) is 53.8 Å². The summed E-state index contributed by atoms with van der Waals surface area (Å²) >= 11 is 0. The molecule has 0 aromatic heterocycles. The number of hydrogen-bond acceptors (Lipinski definition) is 3. The molecule has 0 spiro atoms. The zero-order valence-electron chi connectivity index (χ0n) is 13.3. The third kappa shape index (κ3) is 6.03. The van der Waals surface area contributed by atoms with E-state index < -0.39 is 15.8 Å². The van der Waals surface area contributed by atoms with Gasteiger partial charge >= 0.3 is 0 Å². The van der Waals surface area contributed by atoms with Gasteiger partial charge in [-0.3, -0.25) is 0 Å². The zero-order valence-corrected chi connectivity index (χ0v) is 14.1. The van der Waals surface area contributed by atoms with Crippen LogP contribution in [0.3, 0.4) is 0 Å². The van der Waals surface area contributed by atoms with Crippen LogP contribution in [0.15, 0.2) is 48.5 Å². The molecule has 2 aromatic carbocycles. The van der Waals surface area contributed by atoms with E-state index in [4.69, 9.17) is 4.74 Å². The van der Waals surface area contributed by atoms with Crippen molar-refractivity contribution in [3.8, 4) is 17.6 Å². The first-order valence-electron chi connectivity index (χ1n) is 7.32. The molecular formula is C18H18FNO3S. The minimum atomic E-state index is -3.45. The number of sulfonamides is 1. The Labute approximate surface area is 141 Å². The van der Waals surface area contributed by atoms with Crippen LogP contribution >= 0.6 is 0 Å². The molecule has 0 aliphatic carbocycles. The quantitative estimate of drug-likeness (QED) is 0.818. The zero-order chi connectivity index (χ0) is 17.4. The average molecular weight is 347 g/mol. The molecule has 126 valence electrons.